The van der Waals surface area contributed by atoms with Gasteiger partial charge in [-0.2, -0.15) is 0 Å². The Hall–Kier alpha value is -5.45. The van der Waals surface area contributed by atoms with E-state index in [4.69, 9.17) is 28.4 Å². The van der Waals surface area contributed by atoms with Crippen LogP contribution in [0, 0.1) is 0 Å². The summed E-state index contributed by atoms with van der Waals surface area (Å²) in [4.78, 5) is 13.8. The second kappa shape index (κ2) is 22.4. The Morgan fingerprint density at radius 1 is 0.672 bits per heavy atom. The normalized spacial score (nSPS) is 17.6. The van der Waals surface area contributed by atoms with Crippen molar-refractivity contribution in [1.29, 1.82) is 0 Å². The summed E-state index contributed by atoms with van der Waals surface area (Å²) in [6.45, 7) is 1.52. The molecule has 1 unspecified atom stereocenters. The molecule has 6 aromatic rings. The number of ketones is 1. The van der Waals surface area contributed by atoms with Crippen LogP contribution in [0.4, 0.5) is 0 Å². The van der Waals surface area contributed by atoms with Crippen LogP contribution in [0.2, 0.25) is 0 Å². The Balaban J connectivity index is 1.03. The lowest BCUT2D eigenvalue weighted by atomic mass is 9.80. The topological polar surface area (TPSA) is 92.7 Å². The van der Waals surface area contributed by atoms with E-state index in [2.05, 4.69) is 36.4 Å². The summed E-state index contributed by atoms with van der Waals surface area (Å²) in [6, 6.07) is 58.3. The van der Waals surface area contributed by atoms with E-state index in [0.717, 1.165) is 39.1 Å². The van der Waals surface area contributed by atoms with Crippen LogP contribution in [0.15, 0.2) is 176 Å². The molecule has 0 bridgehead atoms. The van der Waals surface area contributed by atoms with Gasteiger partial charge in [-0.25, -0.2) is 0 Å². The molecule has 1 heterocycles. The summed E-state index contributed by atoms with van der Waals surface area (Å²) in [5, 5.41) is 11.4. The zero-order valence-corrected chi connectivity index (χ0v) is 34.8. The zero-order chi connectivity index (χ0) is 42.1. The molecule has 1 saturated heterocycles. The number of aliphatic hydroxyl groups is 1. The number of hydrogen-bond acceptors (Lipinski definition) is 8. The quantitative estimate of drug-likeness (QED) is 0.0535. The molecule has 0 spiro atoms. The summed E-state index contributed by atoms with van der Waals surface area (Å²) in [5.74, 6) is 0.679. The fourth-order valence-electron chi connectivity index (χ4n) is 7.95. The van der Waals surface area contributed by atoms with Crippen molar-refractivity contribution in [2.24, 2.45) is 0 Å². The molecule has 7 rings (SSSR count). The van der Waals surface area contributed by atoms with E-state index in [9.17, 15) is 9.90 Å². The molecule has 8 nitrogen and oxygen atoms in total. The zero-order valence-electron chi connectivity index (χ0n) is 34.8. The van der Waals surface area contributed by atoms with Crippen molar-refractivity contribution in [3.63, 3.8) is 0 Å². The third-order valence-corrected chi connectivity index (χ3v) is 11.1. The van der Waals surface area contributed by atoms with Gasteiger partial charge in [0, 0.05) is 37.9 Å². The molecule has 61 heavy (non-hydrogen) atoms. The van der Waals surface area contributed by atoms with E-state index in [-0.39, 0.29) is 37.8 Å². The molecule has 1 aliphatic heterocycles. The second-order valence-corrected chi connectivity index (χ2v) is 15.5. The van der Waals surface area contributed by atoms with Crippen molar-refractivity contribution in [3.05, 3.63) is 209 Å². The van der Waals surface area contributed by atoms with Gasteiger partial charge in [-0.15, -0.1) is 0 Å². The lowest BCUT2D eigenvalue weighted by Gasteiger charge is -2.40. The van der Waals surface area contributed by atoms with E-state index in [1.54, 1.807) is 7.11 Å². The highest BCUT2D eigenvalue weighted by Gasteiger charge is 2.40. The van der Waals surface area contributed by atoms with Gasteiger partial charge in [0.2, 0.25) is 0 Å². The molecule has 1 aliphatic rings. The van der Waals surface area contributed by atoms with Gasteiger partial charge in [0.25, 0.3) is 0 Å². The third-order valence-electron chi connectivity index (χ3n) is 11.1. The van der Waals surface area contributed by atoms with Gasteiger partial charge in [0.05, 0.1) is 51.3 Å². The maximum absolute atomic E-state index is 13.8. The van der Waals surface area contributed by atoms with Crippen LogP contribution in [0.3, 0.4) is 0 Å². The van der Waals surface area contributed by atoms with Crippen molar-refractivity contribution in [2.45, 2.75) is 81.6 Å². The van der Waals surface area contributed by atoms with Crippen molar-refractivity contribution in [3.8, 4) is 5.75 Å². The lowest BCUT2D eigenvalue weighted by molar-refractivity contribution is -0.260. The van der Waals surface area contributed by atoms with Gasteiger partial charge in [-0.05, 0) is 46.4 Å². The second-order valence-electron chi connectivity index (χ2n) is 15.5. The minimum Gasteiger partial charge on any atom is -0.497 e. The molecule has 1 N–H and O–H groups in total. The van der Waals surface area contributed by atoms with Gasteiger partial charge in [0.15, 0.2) is 6.29 Å². The van der Waals surface area contributed by atoms with Crippen molar-refractivity contribution < 1.29 is 38.3 Å². The SMILES string of the molecule is COc1ccc(CO[C@@H](CCOCc2ccccc2)C[C@@H](O)CC(=O)CC2C[C@H](COC(c3ccccc3)(c3ccccc3)c3ccccc3)O[C@H](c3ccccc3)O2)cc1. The van der Waals surface area contributed by atoms with Crippen LogP contribution < -0.4 is 4.74 Å². The number of ether oxygens (including phenoxy) is 6. The fourth-order valence-corrected chi connectivity index (χ4v) is 7.95. The average Bonchev–Trinajstić information content (AvgIpc) is 3.31. The smallest absolute Gasteiger partial charge is 0.184 e. The molecule has 0 amide bonds. The fraction of sp³-hybridized carbons (Fsp3) is 0.302. The van der Waals surface area contributed by atoms with Crippen LogP contribution in [0.25, 0.3) is 0 Å². The highest BCUT2D eigenvalue weighted by Crippen LogP contribution is 2.42. The maximum Gasteiger partial charge on any atom is 0.184 e. The summed E-state index contributed by atoms with van der Waals surface area (Å²) in [6.07, 6.45) is -1.41. The van der Waals surface area contributed by atoms with E-state index < -0.39 is 30.2 Å². The highest BCUT2D eigenvalue weighted by molar-refractivity contribution is 5.79. The van der Waals surface area contributed by atoms with Crippen LogP contribution in [0.5, 0.6) is 5.75 Å². The predicted molar refractivity (Wildman–Crippen MR) is 236 cm³/mol. The summed E-state index contributed by atoms with van der Waals surface area (Å²) in [7, 11) is 1.64. The number of benzene rings is 6. The Morgan fingerprint density at radius 3 is 1.77 bits per heavy atom. The minimum atomic E-state index is -0.929. The van der Waals surface area contributed by atoms with Crippen LogP contribution in [-0.4, -0.2) is 55.6 Å². The Bertz CT molecular complexity index is 2050. The highest BCUT2D eigenvalue weighted by atomic mass is 16.7. The van der Waals surface area contributed by atoms with Crippen molar-refractivity contribution in [2.75, 3.05) is 20.3 Å². The van der Waals surface area contributed by atoms with Gasteiger partial charge in [-0.1, -0.05) is 164 Å². The first-order chi connectivity index (χ1) is 30.0. The van der Waals surface area contributed by atoms with Crippen LogP contribution in [0.1, 0.15) is 71.8 Å². The summed E-state index contributed by atoms with van der Waals surface area (Å²) < 4.78 is 37.9. The largest absolute Gasteiger partial charge is 0.497 e. The van der Waals surface area contributed by atoms with E-state index in [0.29, 0.717) is 32.7 Å². The van der Waals surface area contributed by atoms with Gasteiger partial charge in [-0.3, -0.25) is 4.79 Å². The predicted octanol–water partition coefficient (Wildman–Crippen LogP) is 10.2. The van der Waals surface area contributed by atoms with Gasteiger partial charge in [0.1, 0.15) is 17.1 Å². The molecule has 0 aliphatic carbocycles. The van der Waals surface area contributed by atoms with Crippen molar-refractivity contribution >= 4 is 5.78 Å². The molecule has 6 aromatic carbocycles. The number of methoxy groups -OCH3 is 1. The molecule has 0 radical (unpaired) electrons. The number of hydrogen-bond donors (Lipinski definition) is 1. The van der Waals surface area contributed by atoms with Crippen molar-refractivity contribution in [1.82, 2.24) is 0 Å². The molecular weight excluding hydrogens is 765 g/mol. The van der Waals surface area contributed by atoms with Crippen LogP contribution in [-0.2, 0) is 47.3 Å². The molecule has 316 valence electrons. The van der Waals surface area contributed by atoms with E-state index >= 15 is 0 Å². The molecule has 5 atom stereocenters. The minimum absolute atomic E-state index is 0.0235. The first-order valence-electron chi connectivity index (χ1n) is 21.2. The van der Waals surface area contributed by atoms with Gasteiger partial charge >= 0.3 is 0 Å². The number of rotatable bonds is 22. The summed E-state index contributed by atoms with van der Waals surface area (Å²) >= 11 is 0. The van der Waals surface area contributed by atoms with Crippen LogP contribution >= 0.6 is 0 Å². The Kier molecular flexibility index (Phi) is 16.0. The number of Topliss-reactive ketones (excluding diaryl/α,β-unsaturated/α-hetero) is 1. The first kappa shape index (κ1) is 43.6. The molecule has 0 aromatic heterocycles. The Morgan fingerprint density at radius 2 is 1.20 bits per heavy atom. The van der Waals surface area contributed by atoms with Gasteiger partial charge < -0.3 is 33.5 Å². The molecular formula is C53H56O8. The first-order valence-corrected chi connectivity index (χ1v) is 21.2. The average molecular weight is 821 g/mol. The third kappa shape index (κ3) is 12.3. The number of carbonyl (C=O) groups excluding carboxylic acids is 1. The summed E-state index contributed by atoms with van der Waals surface area (Å²) in [5.41, 5.74) is 4.98. The number of aliphatic hydroxyl groups excluding tert-OH is 1. The monoisotopic (exact) mass is 820 g/mol. The van der Waals surface area contributed by atoms with E-state index in [1.807, 2.05) is 140 Å². The molecule has 8 heteroatoms. The standard InChI is InChI=1S/C53H56O8/c1-56-48-29-27-41(28-30-48)38-58-49(31-32-57-37-40-17-7-2-8-18-40)34-46(54)33-47(55)35-50-36-51(61-52(60-50)42-19-9-3-10-20-42)39-59-53(43-21-11-4-12-22-43,44-23-13-5-14-24-44)45-25-15-6-16-26-45/h2-30,46,49-52,54H,31-39H2,1H3/t46-,49-,50?,51+,52+/m0/s1. The molecule has 0 saturated carbocycles. The van der Waals surface area contributed by atoms with E-state index in [1.165, 1.54) is 0 Å². The maximum atomic E-state index is 13.8. The lowest BCUT2D eigenvalue weighted by Crippen LogP contribution is -2.41. The molecule has 1 fully saturated rings. The number of carbonyl (C=O) groups is 1. The Labute approximate surface area is 360 Å².